The number of nitrogens with zero attached hydrogens (tertiary/aromatic N) is 2. The molecule has 0 N–H and O–H groups in total. The number of benzene rings is 3. The highest BCUT2D eigenvalue weighted by molar-refractivity contribution is 5.98. The van der Waals surface area contributed by atoms with Crippen molar-refractivity contribution < 1.29 is 4.92 Å². The van der Waals surface area contributed by atoms with Crippen molar-refractivity contribution in [3.63, 3.8) is 0 Å². The van der Waals surface area contributed by atoms with Crippen molar-refractivity contribution in [2.24, 2.45) is 0 Å². The third kappa shape index (κ3) is 2.25. The van der Waals surface area contributed by atoms with E-state index >= 15 is 0 Å². The Morgan fingerprint density at radius 3 is 2.25 bits per heavy atom. The van der Waals surface area contributed by atoms with Gasteiger partial charge in [-0.05, 0) is 35.9 Å². The third-order valence-corrected chi connectivity index (χ3v) is 4.16. The van der Waals surface area contributed by atoms with Crippen LogP contribution in [-0.4, -0.2) is 9.49 Å². The molecule has 24 heavy (non-hydrogen) atoms. The molecule has 4 nitrogen and oxygen atoms in total. The Balaban J connectivity index is 1.97. The van der Waals surface area contributed by atoms with E-state index in [0.717, 1.165) is 22.2 Å². The van der Waals surface area contributed by atoms with Crippen LogP contribution in [-0.2, 0) is 0 Å². The maximum absolute atomic E-state index is 11.4. The minimum absolute atomic E-state index is 0.123. The van der Waals surface area contributed by atoms with E-state index in [4.69, 9.17) is 0 Å². The first-order valence-electron chi connectivity index (χ1n) is 7.65. The summed E-state index contributed by atoms with van der Waals surface area (Å²) in [5.74, 6) is 0. The normalized spacial score (nSPS) is 10.8. The highest BCUT2D eigenvalue weighted by Crippen LogP contribution is 2.35. The van der Waals surface area contributed by atoms with Crippen LogP contribution in [0.3, 0.4) is 0 Å². The van der Waals surface area contributed by atoms with E-state index < -0.39 is 0 Å². The highest BCUT2D eigenvalue weighted by atomic mass is 16.6. The number of fused-ring (bicyclic) bond motifs is 1. The molecule has 4 heteroatoms. The summed E-state index contributed by atoms with van der Waals surface area (Å²) in [5, 5.41) is 12.4. The molecule has 1 aromatic heterocycles. The number of para-hydroxylation sites is 2. The second kappa shape index (κ2) is 5.66. The van der Waals surface area contributed by atoms with Crippen molar-refractivity contribution in [1.82, 2.24) is 4.57 Å². The number of nitro benzene ring substituents is 1. The summed E-state index contributed by atoms with van der Waals surface area (Å²) in [6.45, 7) is 0. The Bertz CT molecular complexity index is 1040. The maximum atomic E-state index is 11.4. The summed E-state index contributed by atoms with van der Waals surface area (Å²) in [7, 11) is 0. The van der Waals surface area contributed by atoms with Crippen LogP contribution in [0.15, 0.2) is 85.1 Å². The zero-order chi connectivity index (χ0) is 16.5. The Hall–Kier alpha value is -3.40. The molecular formula is C20H14N2O2. The predicted molar refractivity (Wildman–Crippen MR) is 95.4 cm³/mol. The van der Waals surface area contributed by atoms with Crippen LogP contribution in [0.25, 0.3) is 27.7 Å². The molecule has 0 radical (unpaired) electrons. The molecule has 0 saturated heterocycles. The first kappa shape index (κ1) is 14.2. The fourth-order valence-electron chi connectivity index (χ4n) is 3.08. The monoisotopic (exact) mass is 314 g/mol. The lowest BCUT2D eigenvalue weighted by molar-refractivity contribution is -0.384. The SMILES string of the molecule is O=[N+]([O-])c1ccccc1-c1cccc2c1ccn2-c1ccccc1. The van der Waals surface area contributed by atoms with E-state index in [0.29, 0.717) is 5.56 Å². The minimum Gasteiger partial charge on any atom is -0.317 e. The van der Waals surface area contributed by atoms with Crippen LogP contribution in [0.1, 0.15) is 0 Å². The van der Waals surface area contributed by atoms with Gasteiger partial charge in [0.25, 0.3) is 5.69 Å². The molecule has 0 fully saturated rings. The molecule has 0 aliphatic rings. The molecule has 0 spiro atoms. The van der Waals surface area contributed by atoms with Gasteiger partial charge in [-0.15, -0.1) is 0 Å². The van der Waals surface area contributed by atoms with Crippen molar-refractivity contribution in [3.05, 3.63) is 95.2 Å². The zero-order valence-electron chi connectivity index (χ0n) is 12.8. The number of hydrogen-bond acceptors (Lipinski definition) is 2. The molecular weight excluding hydrogens is 300 g/mol. The van der Waals surface area contributed by atoms with E-state index in [1.165, 1.54) is 0 Å². The molecule has 1 heterocycles. The lowest BCUT2D eigenvalue weighted by Crippen LogP contribution is -1.93. The molecule has 0 atom stereocenters. The van der Waals surface area contributed by atoms with Gasteiger partial charge in [-0.25, -0.2) is 0 Å². The van der Waals surface area contributed by atoms with Crippen LogP contribution in [0.4, 0.5) is 5.69 Å². The van der Waals surface area contributed by atoms with Gasteiger partial charge in [-0.2, -0.15) is 0 Å². The second-order valence-electron chi connectivity index (χ2n) is 5.53. The minimum atomic E-state index is -0.331. The van der Waals surface area contributed by atoms with E-state index in [2.05, 4.69) is 4.57 Å². The highest BCUT2D eigenvalue weighted by Gasteiger charge is 2.17. The van der Waals surface area contributed by atoms with Gasteiger partial charge in [0.15, 0.2) is 0 Å². The van der Waals surface area contributed by atoms with Gasteiger partial charge >= 0.3 is 0 Å². The van der Waals surface area contributed by atoms with Gasteiger partial charge in [0, 0.05) is 23.3 Å². The third-order valence-electron chi connectivity index (χ3n) is 4.16. The lowest BCUT2D eigenvalue weighted by atomic mass is 10.00. The Morgan fingerprint density at radius 1 is 0.750 bits per heavy atom. The van der Waals surface area contributed by atoms with Gasteiger partial charge in [0.05, 0.1) is 16.0 Å². The molecule has 0 bridgehead atoms. The van der Waals surface area contributed by atoms with Gasteiger partial charge in [0.1, 0.15) is 0 Å². The number of hydrogen-bond donors (Lipinski definition) is 0. The standard InChI is InChI=1S/C20H14N2O2/c23-22(24)20-11-5-4-9-17(20)16-10-6-12-19-18(16)13-14-21(19)15-7-2-1-3-8-15/h1-14H. The lowest BCUT2D eigenvalue weighted by Gasteiger charge is -2.08. The van der Waals surface area contributed by atoms with Gasteiger partial charge in [-0.3, -0.25) is 10.1 Å². The Labute approximate surface area is 138 Å². The van der Waals surface area contributed by atoms with Crippen LogP contribution in [0.5, 0.6) is 0 Å². The number of aromatic nitrogens is 1. The van der Waals surface area contributed by atoms with E-state index in [1.807, 2.05) is 66.9 Å². The molecule has 0 aliphatic carbocycles. The molecule has 4 rings (SSSR count). The number of nitro groups is 1. The molecule has 4 aromatic rings. The summed E-state index contributed by atoms with van der Waals surface area (Å²) in [6, 6.07) is 24.8. The zero-order valence-corrected chi connectivity index (χ0v) is 12.8. The number of rotatable bonds is 3. The summed E-state index contributed by atoms with van der Waals surface area (Å²) >= 11 is 0. The van der Waals surface area contributed by atoms with Crippen LogP contribution < -0.4 is 0 Å². The molecule has 0 saturated carbocycles. The molecule has 116 valence electrons. The first-order valence-corrected chi connectivity index (χ1v) is 7.65. The van der Waals surface area contributed by atoms with Gasteiger partial charge in [0.2, 0.25) is 0 Å². The average Bonchev–Trinajstić information content (AvgIpc) is 3.06. The molecule has 0 amide bonds. The largest absolute Gasteiger partial charge is 0.317 e. The van der Waals surface area contributed by atoms with Gasteiger partial charge in [-0.1, -0.05) is 42.5 Å². The maximum Gasteiger partial charge on any atom is 0.277 e. The van der Waals surface area contributed by atoms with Crippen LogP contribution in [0.2, 0.25) is 0 Å². The fraction of sp³-hybridized carbons (Fsp3) is 0. The Morgan fingerprint density at radius 2 is 1.46 bits per heavy atom. The topological polar surface area (TPSA) is 48.1 Å². The predicted octanol–water partition coefficient (Wildman–Crippen LogP) is 5.21. The summed E-state index contributed by atoms with van der Waals surface area (Å²) in [5.41, 5.74) is 3.72. The summed E-state index contributed by atoms with van der Waals surface area (Å²) in [4.78, 5) is 11.0. The van der Waals surface area contributed by atoms with Crippen molar-refractivity contribution in [3.8, 4) is 16.8 Å². The molecule has 0 unspecified atom stereocenters. The van der Waals surface area contributed by atoms with Crippen LogP contribution in [0, 0.1) is 10.1 Å². The molecule has 3 aromatic carbocycles. The van der Waals surface area contributed by atoms with E-state index in [-0.39, 0.29) is 10.6 Å². The second-order valence-corrected chi connectivity index (χ2v) is 5.53. The average molecular weight is 314 g/mol. The summed E-state index contributed by atoms with van der Waals surface area (Å²) in [6.07, 6.45) is 2.00. The van der Waals surface area contributed by atoms with Crippen LogP contribution >= 0.6 is 0 Å². The van der Waals surface area contributed by atoms with Crippen molar-refractivity contribution in [1.29, 1.82) is 0 Å². The quantitative estimate of drug-likeness (QED) is 0.385. The Kier molecular flexibility index (Phi) is 3.35. The summed E-state index contributed by atoms with van der Waals surface area (Å²) < 4.78 is 2.09. The molecule has 0 aliphatic heterocycles. The van der Waals surface area contributed by atoms with E-state index in [1.54, 1.807) is 18.2 Å². The smallest absolute Gasteiger partial charge is 0.277 e. The van der Waals surface area contributed by atoms with Crippen molar-refractivity contribution >= 4 is 16.6 Å². The fourth-order valence-corrected chi connectivity index (χ4v) is 3.08. The first-order chi connectivity index (χ1) is 11.8. The van der Waals surface area contributed by atoms with Gasteiger partial charge < -0.3 is 4.57 Å². The van der Waals surface area contributed by atoms with Crippen molar-refractivity contribution in [2.75, 3.05) is 0 Å². The van der Waals surface area contributed by atoms with E-state index in [9.17, 15) is 10.1 Å². The van der Waals surface area contributed by atoms with Crippen molar-refractivity contribution in [2.45, 2.75) is 0 Å².